The van der Waals surface area contributed by atoms with E-state index in [0.29, 0.717) is 30.1 Å². The Bertz CT molecular complexity index is 655. The second-order valence-electron chi connectivity index (χ2n) is 5.90. The summed E-state index contributed by atoms with van der Waals surface area (Å²) in [6.07, 6.45) is 2.06. The van der Waals surface area contributed by atoms with Gasteiger partial charge in [-0.3, -0.25) is 4.79 Å². The van der Waals surface area contributed by atoms with E-state index in [1.165, 1.54) is 6.07 Å². The van der Waals surface area contributed by atoms with Gasteiger partial charge in [0.15, 0.2) is 9.84 Å². The Balaban J connectivity index is 2.33. The van der Waals surface area contributed by atoms with Crippen LogP contribution in [0.5, 0.6) is 0 Å². The molecule has 2 rings (SSSR count). The first kappa shape index (κ1) is 16.0. The van der Waals surface area contributed by atoms with E-state index >= 15 is 0 Å². The van der Waals surface area contributed by atoms with E-state index in [1.807, 2.05) is 6.92 Å². The summed E-state index contributed by atoms with van der Waals surface area (Å²) in [6, 6.07) is 4.99. The molecule has 2 N–H and O–H groups in total. The van der Waals surface area contributed by atoms with Crippen molar-refractivity contribution in [1.82, 2.24) is 4.90 Å². The molecule has 0 radical (unpaired) electrons. The van der Waals surface area contributed by atoms with Crippen LogP contribution in [0.25, 0.3) is 0 Å². The maximum atomic E-state index is 12.6. The van der Waals surface area contributed by atoms with Gasteiger partial charge in [0.2, 0.25) is 0 Å². The van der Waals surface area contributed by atoms with Crippen LogP contribution in [0.2, 0.25) is 0 Å². The van der Waals surface area contributed by atoms with Crippen LogP contribution < -0.4 is 5.73 Å². The van der Waals surface area contributed by atoms with Crippen molar-refractivity contribution in [2.45, 2.75) is 31.2 Å². The standard InChI is InChI=1S/C15H22N2O3S/c1-10-4-5-13(7-14(10)21(3,19)20)15(18)17-9-12(8-16)6-11(17)2/h4-5,7,11-12H,6,8-9,16H2,1-3H3. The first-order valence-electron chi connectivity index (χ1n) is 7.05. The van der Waals surface area contributed by atoms with Crippen LogP contribution in [0.3, 0.4) is 0 Å². The molecule has 0 aromatic heterocycles. The highest BCUT2D eigenvalue weighted by Gasteiger charge is 2.32. The number of amides is 1. The number of sulfone groups is 1. The molecule has 0 bridgehead atoms. The minimum Gasteiger partial charge on any atom is -0.336 e. The summed E-state index contributed by atoms with van der Waals surface area (Å²) in [5, 5.41) is 0. The van der Waals surface area contributed by atoms with Crippen molar-refractivity contribution in [3.63, 3.8) is 0 Å². The van der Waals surface area contributed by atoms with Crippen LogP contribution in [0.15, 0.2) is 23.1 Å². The molecule has 1 aliphatic rings. The fraction of sp³-hybridized carbons (Fsp3) is 0.533. The summed E-state index contributed by atoms with van der Waals surface area (Å²) in [6.45, 7) is 4.93. The number of aryl methyl sites for hydroxylation is 1. The Kier molecular flexibility index (Phi) is 4.39. The number of nitrogens with two attached hydrogens (primary N) is 1. The summed E-state index contributed by atoms with van der Waals surface area (Å²) >= 11 is 0. The maximum Gasteiger partial charge on any atom is 0.254 e. The SMILES string of the molecule is Cc1ccc(C(=O)N2CC(CN)CC2C)cc1S(C)(=O)=O. The Morgan fingerprint density at radius 2 is 2.10 bits per heavy atom. The molecule has 0 saturated carbocycles. The molecule has 6 heteroatoms. The van der Waals surface area contributed by atoms with E-state index in [4.69, 9.17) is 5.73 Å². The second kappa shape index (κ2) is 5.77. The fourth-order valence-corrected chi connectivity index (χ4v) is 3.89. The maximum absolute atomic E-state index is 12.6. The number of benzene rings is 1. The highest BCUT2D eigenvalue weighted by molar-refractivity contribution is 7.90. The second-order valence-corrected chi connectivity index (χ2v) is 7.88. The Morgan fingerprint density at radius 1 is 1.43 bits per heavy atom. The van der Waals surface area contributed by atoms with E-state index < -0.39 is 9.84 Å². The van der Waals surface area contributed by atoms with Crippen LogP contribution in [-0.4, -0.2) is 44.6 Å². The Hall–Kier alpha value is -1.40. The summed E-state index contributed by atoms with van der Waals surface area (Å²) in [5.41, 5.74) is 6.76. The highest BCUT2D eigenvalue weighted by atomic mass is 32.2. The highest BCUT2D eigenvalue weighted by Crippen LogP contribution is 2.25. The summed E-state index contributed by atoms with van der Waals surface area (Å²) in [7, 11) is -3.33. The molecule has 5 nitrogen and oxygen atoms in total. The van der Waals surface area contributed by atoms with E-state index in [9.17, 15) is 13.2 Å². The fourth-order valence-electron chi connectivity index (χ4n) is 2.89. The molecule has 1 saturated heterocycles. The van der Waals surface area contributed by atoms with Crippen LogP contribution in [0.4, 0.5) is 0 Å². The molecule has 1 fully saturated rings. The molecule has 0 aliphatic carbocycles. The number of likely N-dealkylation sites (tertiary alicyclic amines) is 1. The summed E-state index contributed by atoms with van der Waals surface area (Å²) < 4.78 is 23.5. The van der Waals surface area contributed by atoms with Gasteiger partial charge in [-0.15, -0.1) is 0 Å². The zero-order valence-electron chi connectivity index (χ0n) is 12.7. The summed E-state index contributed by atoms with van der Waals surface area (Å²) in [4.78, 5) is 14.6. The number of nitrogens with zero attached hydrogens (tertiary/aromatic N) is 1. The lowest BCUT2D eigenvalue weighted by atomic mass is 10.1. The van der Waals surface area contributed by atoms with Gasteiger partial charge in [0.25, 0.3) is 5.91 Å². The number of rotatable bonds is 3. The van der Waals surface area contributed by atoms with Gasteiger partial charge in [-0.05, 0) is 50.4 Å². The van der Waals surface area contributed by atoms with Crippen LogP contribution in [0, 0.1) is 12.8 Å². The van der Waals surface area contributed by atoms with Gasteiger partial charge in [-0.2, -0.15) is 0 Å². The lowest BCUT2D eigenvalue weighted by Crippen LogP contribution is -2.34. The molecule has 1 aromatic carbocycles. The third-order valence-corrected chi connectivity index (χ3v) is 5.33. The molecule has 1 aliphatic heterocycles. The monoisotopic (exact) mass is 310 g/mol. The lowest BCUT2D eigenvalue weighted by molar-refractivity contribution is 0.0743. The predicted octanol–water partition coefficient (Wildman–Crippen LogP) is 1.21. The van der Waals surface area contributed by atoms with Gasteiger partial charge in [0.05, 0.1) is 4.90 Å². The minimum atomic E-state index is -3.33. The topological polar surface area (TPSA) is 80.5 Å². The van der Waals surface area contributed by atoms with Crippen molar-refractivity contribution in [2.75, 3.05) is 19.3 Å². The van der Waals surface area contributed by atoms with Gasteiger partial charge in [0.1, 0.15) is 0 Å². The van der Waals surface area contributed by atoms with E-state index in [1.54, 1.807) is 24.0 Å². The van der Waals surface area contributed by atoms with E-state index in [2.05, 4.69) is 0 Å². The van der Waals surface area contributed by atoms with Crippen molar-refractivity contribution < 1.29 is 13.2 Å². The van der Waals surface area contributed by atoms with Crippen molar-refractivity contribution >= 4 is 15.7 Å². The number of hydrogen-bond acceptors (Lipinski definition) is 4. The normalized spacial score (nSPS) is 22.6. The van der Waals surface area contributed by atoms with Crippen molar-refractivity contribution in [3.05, 3.63) is 29.3 Å². The summed E-state index contributed by atoms with van der Waals surface area (Å²) in [5.74, 6) is 0.201. The third-order valence-electron chi connectivity index (χ3n) is 4.09. The van der Waals surface area contributed by atoms with Crippen molar-refractivity contribution in [3.8, 4) is 0 Å². The average Bonchev–Trinajstić information content (AvgIpc) is 2.78. The molecule has 0 spiro atoms. The minimum absolute atomic E-state index is 0.122. The van der Waals surface area contributed by atoms with Crippen molar-refractivity contribution in [1.29, 1.82) is 0 Å². The number of carbonyl (C=O) groups excluding carboxylic acids is 1. The zero-order valence-corrected chi connectivity index (χ0v) is 13.5. The molecular formula is C15H22N2O3S. The molecule has 21 heavy (non-hydrogen) atoms. The molecule has 1 amide bonds. The largest absolute Gasteiger partial charge is 0.336 e. The lowest BCUT2D eigenvalue weighted by Gasteiger charge is -2.22. The smallest absolute Gasteiger partial charge is 0.254 e. The van der Waals surface area contributed by atoms with Gasteiger partial charge in [-0.25, -0.2) is 8.42 Å². The van der Waals surface area contributed by atoms with E-state index in [0.717, 1.165) is 12.7 Å². The van der Waals surface area contributed by atoms with Crippen LogP contribution in [-0.2, 0) is 9.84 Å². The number of carbonyl (C=O) groups is 1. The van der Waals surface area contributed by atoms with Crippen LogP contribution in [0.1, 0.15) is 29.3 Å². The van der Waals surface area contributed by atoms with Gasteiger partial charge >= 0.3 is 0 Å². The third kappa shape index (κ3) is 3.27. The molecule has 2 unspecified atom stereocenters. The zero-order chi connectivity index (χ0) is 15.8. The Morgan fingerprint density at radius 3 is 2.62 bits per heavy atom. The first-order chi connectivity index (χ1) is 9.74. The molecule has 1 aromatic rings. The van der Waals surface area contributed by atoms with Gasteiger partial charge in [-0.1, -0.05) is 6.07 Å². The number of hydrogen-bond donors (Lipinski definition) is 1. The Labute approximate surface area is 126 Å². The first-order valence-corrected chi connectivity index (χ1v) is 8.95. The molecule has 1 heterocycles. The predicted molar refractivity (Wildman–Crippen MR) is 81.9 cm³/mol. The molecular weight excluding hydrogens is 288 g/mol. The van der Waals surface area contributed by atoms with Crippen molar-refractivity contribution in [2.24, 2.45) is 11.7 Å². The van der Waals surface area contributed by atoms with Crippen LogP contribution >= 0.6 is 0 Å². The molecule has 2 atom stereocenters. The van der Waals surface area contributed by atoms with Gasteiger partial charge < -0.3 is 10.6 Å². The average molecular weight is 310 g/mol. The van der Waals surface area contributed by atoms with Gasteiger partial charge in [0, 0.05) is 24.4 Å². The van der Waals surface area contributed by atoms with E-state index in [-0.39, 0.29) is 16.8 Å². The quantitative estimate of drug-likeness (QED) is 0.910. The molecule has 116 valence electrons.